The monoisotopic (exact) mass is 781 g/mol. The Kier molecular flexibility index (Phi) is 10.6. The molecule has 8 rings (SSSR count). The maximum Gasteiger partial charge on any atom is 0.339 e. The number of hydrogen-bond donors (Lipinski definition) is 4. The van der Waals surface area contributed by atoms with Crippen LogP contribution in [0.4, 0.5) is 0 Å². The van der Waals surface area contributed by atoms with E-state index in [1.165, 1.54) is 57.8 Å². The van der Waals surface area contributed by atoms with E-state index >= 15 is 0 Å². The van der Waals surface area contributed by atoms with Gasteiger partial charge in [0, 0.05) is 0 Å². The third-order valence-corrected chi connectivity index (χ3v) is 18.7. The Bertz CT molecular complexity index is 1920. The summed E-state index contributed by atoms with van der Waals surface area (Å²) in [6.07, 6.45) is 7.35. The molecule has 5 aliphatic carbocycles. The molecule has 0 aromatic heterocycles. The number of carbonyl (C=O) groups excluding carboxylic acids is 1. The number of hydrogen-bond acceptors (Lipinski definition) is 6. The lowest BCUT2D eigenvalue weighted by Gasteiger charge is -2.73. The van der Waals surface area contributed by atoms with Crippen LogP contribution in [0.3, 0.4) is 0 Å². The average Bonchev–Trinajstić information content (AvgIpc) is 3.51. The van der Waals surface area contributed by atoms with Crippen LogP contribution < -0.4 is 0 Å². The second kappa shape index (κ2) is 14.6. The first-order valence-corrected chi connectivity index (χ1v) is 22.7. The summed E-state index contributed by atoms with van der Waals surface area (Å²) in [5, 5.41) is 47.8. The van der Waals surface area contributed by atoms with Crippen LogP contribution in [0.5, 0.6) is 0 Å². The summed E-state index contributed by atoms with van der Waals surface area (Å²) in [6.45, 7) is 20.1. The van der Waals surface area contributed by atoms with Crippen molar-refractivity contribution in [3.63, 3.8) is 0 Å². The fourth-order valence-corrected chi connectivity index (χ4v) is 16.4. The zero-order chi connectivity index (χ0) is 40.9. The first-order valence-electron chi connectivity index (χ1n) is 22.7. The minimum atomic E-state index is -1.67. The number of fused-ring (bicyclic) bond motifs is 9. The van der Waals surface area contributed by atoms with Gasteiger partial charge in [0.15, 0.2) is 0 Å². The van der Waals surface area contributed by atoms with Crippen molar-refractivity contribution in [1.82, 2.24) is 0 Å². The number of ether oxygens (including phenoxy) is 1. The van der Waals surface area contributed by atoms with Crippen molar-refractivity contribution in [2.24, 2.45) is 68.5 Å². The van der Waals surface area contributed by atoms with Gasteiger partial charge in [-0.25, -0.2) is 4.79 Å². The molecule has 0 aliphatic heterocycles. The van der Waals surface area contributed by atoms with Gasteiger partial charge < -0.3 is 25.2 Å². The molecule has 0 saturated heterocycles. The highest BCUT2D eigenvalue weighted by Crippen LogP contribution is 2.78. The Labute approximate surface area is 342 Å². The quantitative estimate of drug-likeness (QED) is 0.127. The number of esters is 1. The van der Waals surface area contributed by atoms with Crippen LogP contribution in [0.2, 0.25) is 0 Å². The molecular formula is C51H72O6. The molecule has 5 aliphatic rings. The van der Waals surface area contributed by atoms with Crippen LogP contribution in [-0.2, 0) is 4.74 Å². The molecule has 0 amide bonds. The number of rotatable bonds is 9. The molecule has 6 nitrogen and oxygen atoms in total. The molecule has 5 saturated carbocycles. The number of aliphatic hydroxyl groups excluding tert-OH is 4. The number of carbonyl (C=O) groups is 1. The molecule has 4 N–H and O–H groups in total. The van der Waals surface area contributed by atoms with Gasteiger partial charge in [-0.3, -0.25) is 0 Å². The van der Waals surface area contributed by atoms with E-state index in [9.17, 15) is 25.2 Å². The Hall–Kier alpha value is -2.51. The Morgan fingerprint density at radius 1 is 0.702 bits per heavy atom. The van der Waals surface area contributed by atoms with E-state index in [0.717, 1.165) is 45.7 Å². The van der Waals surface area contributed by atoms with Gasteiger partial charge in [-0.1, -0.05) is 104 Å². The molecule has 5 unspecified atom stereocenters. The van der Waals surface area contributed by atoms with Crippen molar-refractivity contribution in [3.05, 3.63) is 60.2 Å². The summed E-state index contributed by atoms with van der Waals surface area (Å²) in [5.74, 6) is 3.64. The standard InChI is InChI=1S/C51H72O6/c1-30-27-47(3,4)40-21-24-51(8)42(49(40,6)28-30)18-17-41-48(5)22-19-34(37(48)20-23-50(41,51)7)31(2)25-38(52)44(54)45(55)39(53)29-57-46(56)43-35-15-11-9-13-32(35)26-33-14-10-12-16-36(33)43/h9-16,26,30-31,34,37-42,44-45,52-55H,17-25,27-29H2,1-8H3/t30-,31?,34-,37?,38+,39-,40?,41?,42?,44-,45+,48+,49+,50-,51-/m1/s1. The van der Waals surface area contributed by atoms with E-state index in [4.69, 9.17) is 4.74 Å². The van der Waals surface area contributed by atoms with Crippen molar-refractivity contribution in [3.8, 4) is 0 Å². The first-order chi connectivity index (χ1) is 26.9. The molecule has 0 heterocycles. The van der Waals surface area contributed by atoms with E-state index in [2.05, 4.69) is 55.4 Å². The van der Waals surface area contributed by atoms with Crippen molar-refractivity contribution in [2.45, 2.75) is 150 Å². The highest BCUT2D eigenvalue weighted by molar-refractivity contribution is 6.16. The maximum atomic E-state index is 13.5. The van der Waals surface area contributed by atoms with Crippen molar-refractivity contribution >= 4 is 27.5 Å². The number of aliphatic hydroxyl groups is 4. The van der Waals surface area contributed by atoms with Crippen LogP contribution in [0, 0.1) is 68.5 Å². The summed E-state index contributed by atoms with van der Waals surface area (Å²) in [5.41, 5.74) is 2.15. The molecule has 57 heavy (non-hydrogen) atoms. The van der Waals surface area contributed by atoms with E-state index in [1.54, 1.807) is 0 Å². The largest absolute Gasteiger partial charge is 0.459 e. The normalized spacial score (nSPS) is 39.9. The van der Waals surface area contributed by atoms with Gasteiger partial charge >= 0.3 is 5.97 Å². The van der Waals surface area contributed by atoms with Crippen molar-refractivity contribution < 1.29 is 30.0 Å². The van der Waals surface area contributed by atoms with Gasteiger partial charge in [-0.2, -0.15) is 0 Å². The van der Waals surface area contributed by atoms with Gasteiger partial charge in [-0.15, -0.1) is 0 Å². The van der Waals surface area contributed by atoms with Crippen LogP contribution in [0.15, 0.2) is 54.6 Å². The van der Waals surface area contributed by atoms with Crippen LogP contribution in [0.25, 0.3) is 21.5 Å². The van der Waals surface area contributed by atoms with Crippen LogP contribution >= 0.6 is 0 Å². The first kappa shape index (κ1) is 41.2. The summed E-state index contributed by atoms with van der Waals surface area (Å²) in [7, 11) is 0. The van der Waals surface area contributed by atoms with Gasteiger partial charge in [0.2, 0.25) is 0 Å². The Morgan fingerprint density at radius 2 is 1.26 bits per heavy atom. The third kappa shape index (κ3) is 6.43. The number of benzene rings is 3. The highest BCUT2D eigenvalue weighted by atomic mass is 16.5. The van der Waals surface area contributed by atoms with Gasteiger partial charge in [0.05, 0.1) is 11.7 Å². The predicted molar refractivity (Wildman–Crippen MR) is 229 cm³/mol. The molecule has 0 radical (unpaired) electrons. The van der Waals surface area contributed by atoms with E-state index in [-0.39, 0.29) is 11.3 Å². The van der Waals surface area contributed by atoms with E-state index in [0.29, 0.717) is 51.4 Å². The van der Waals surface area contributed by atoms with Gasteiger partial charge in [0.25, 0.3) is 0 Å². The SMILES string of the molecule is CC(C[C@H](O)[C@@H](O)[C@@H](O)[C@H](O)COC(=O)c1c2ccccc2cc2ccccc12)[C@H]1CC[C@@]2(C)C1CC[C@]1(C)C2CCC2[C@@]3(C)C[C@H](C)CC(C)(C)C3CC[C@]21C. The second-order valence-electron chi connectivity index (χ2n) is 22.1. The minimum Gasteiger partial charge on any atom is -0.459 e. The molecule has 3 aromatic carbocycles. The lowest BCUT2D eigenvalue weighted by atomic mass is 9.31. The molecule has 0 bridgehead atoms. The molecule has 0 spiro atoms. The van der Waals surface area contributed by atoms with Crippen LogP contribution in [-0.4, -0.2) is 57.4 Å². The highest BCUT2D eigenvalue weighted by Gasteiger charge is 2.70. The Morgan fingerprint density at radius 3 is 1.89 bits per heavy atom. The molecule has 15 atom stereocenters. The molecular weight excluding hydrogens is 709 g/mol. The molecule has 3 aromatic rings. The minimum absolute atomic E-state index is 0.153. The van der Waals surface area contributed by atoms with Gasteiger partial charge in [-0.05, 0) is 167 Å². The van der Waals surface area contributed by atoms with Crippen molar-refractivity contribution in [1.29, 1.82) is 0 Å². The van der Waals surface area contributed by atoms with E-state index in [1.807, 2.05) is 54.6 Å². The maximum absolute atomic E-state index is 13.5. The van der Waals surface area contributed by atoms with Crippen LogP contribution in [0.1, 0.15) is 136 Å². The Balaban J connectivity index is 0.908. The summed E-state index contributed by atoms with van der Waals surface area (Å²) in [6, 6.07) is 17.2. The lowest BCUT2D eigenvalue weighted by Crippen LogP contribution is -2.66. The van der Waals surface area contributed by atoms with E-state index < -0.39 is 37.0 Å². The average molecular weight is 781 g/mol. The summed E-state index contributed by atoms with van der Waals surface area (Å²) in [4.78, 5) is 13.5. The smallest absolute Gasteiger partial charge is 0.339 e. The summed E-state index contributed by atoms with van der Waals surface area (Å²) < 4.78 is 5.58. The zero-order valence-corrected chi connectivity index (χ0v) is 36.1. The topological polar surface area (TPSA) is 107 Å². The lowest BCUT2D eigenvalue weighted by molar-refractivity contribution is -0.245. The van der Waals surface area contributed by atoms with Gasteiger partial charge in [0.1, 0.15) is 24.9 Å². The zero-order valence-electron chi connectivity index (χ0n) is 36.1. The molecule has 5 fully saturated rings. The predicted octanol–water partition coefficient (Wildman–Crippen LogP) is 10.4. The molecule has 312 valence electrons. The summed E-state index contributed by atoms with van der Waals surface area (Å²) >= 11 is 0. The van der Waals surface area contributed by atoms with Crippen molar-refractivity contribution in [2.75, 3.05) is 6.61 Å². The molecule has 6 heteroatoms. The second-order valence-corrected chi connectivity index (χ2v) is 22.1. The fourth-order valence-electron chi connectivity index (χ4n) is 16.4. The fraction of sp³-hybridized carbons (Fsp3) is 0.706. The third-order valence-electron chi connectivity index (χ3n) is 18.7.